The van der Waals surface area contributed by atoms with Crippen LogP contribution in [0, 0.1) is 0 Å². The summed E-state index contributed by atoms with van der Waals surface area (Å²) in [5.41, 5.74) is 1.47. The van der Waals surface area contributed by atoms with Crippen LogP contribution in [0.4, 0.5) is 0 Å². The summed E-state index contributed by atoms with van der Waals surface area (Å²) in [4.78, 5) is 25.9. The maximum absolute atomic E-state index is 12.2. The standard InChI is InChI=1S/C18H18N2O4/c1-20(11-13-5-3-2-4-6-13)17(21)10-19-18(22)14-7-8-15-16(9-14)24-12-23-15/h2-9H,10-12H2,1H3,(H,19,22). The molecule has 2 aromatic carbocycles. The summed E-state index contributed by atoms with van der Waals surface area (Å²) in [5, 5.41) is 2.63. The average molecular weight is 326 g/mol. The van der Waals surface area contributed by atoms with Crippen LogP contribution in [0.5, 0.6) is 11.5 Å². The van der Waals surface area contributed by atoms with E-state index in [2.05, 4.69) is 5.32 Å². The quantitative estimate of drug-likeness (QED) is 0.910. The van der Waals surface area contributed by atoms with E-state index >= 15 is 0 Å². The number of hydrogen-bond donors (Lipinski definition) is 1. The highest BCUT2D eigenvalue weighted by Gasteiger charge is 2.17. The number of nitrogens with zero attached hydrogens (tertiary/aromatic N) is 1. The van der Waals surface area contributed by atoms with Gasteiger partial charge in [-0.15, -0.1) is 0 Å². The Hall–Kier alpha value is -3.02. The van der Waals surface area contributed by atoms with Gasteiger partial charge in [-0.3, -0.25) is 9.59 Å². The van der Waals surface area contributed by atoms with E-state index in [9.17, 15) is 9.59 Å². The molecule has 0 atom stereocenters. The predicted molar refractivity (Wildman–Crippen MR) is 87.8 cm³/mol. The summed E-state index contributed by atoms with van der Waals surface area (Å²) in [6.45, 7) is 0.597. The zero-order valence-corrected chi connectivity index (χ0v) is 13.3. The lowest BCUT2D eigenvalue weighted by molar-refractivity contribution is -0.129. The van der Waals surface area contributed by atoms with Gasteiger partial charge in [-0.1, -0.05) is 30.3 Å². The van der Waals surface area contributed by atoms with Crippen LogP contribution in [0.3, 0.4) is 0 Å². The third kappa shape index (κ3) is 3.65. The zero-order chi connectivity index (χ0) is 16.9. The molecule has 0 bridgehead atoms. The first-order valence-corrected chi connectivity index (χ1v) is 7.59. The molecule has 3 rings (SSSR count). The normalized spacial score (nSPS) is 11.9. The largest absolute Gasteiger partial charge is 0.454 e. The SMILES string of the molecule is CN(Cc1ccccc1)C(=O)CNC(=O)c1ccc2c(c1)OCO2. The van der Waals surface area contributed by atoms with Crippen LogP contribution < -0.4 is 14.8 Å². The highest BCUT2D eigenvalue weighted by atomic mass is 16.7. The van der Waals surface area contributed by atoms with Gasteiger partial charge in [0, 0.05) is 19.2 Å². The molecule has 1 N–H and O–H groups in total. The Bertz CT molecular complexity index is 746. The maximum atomic E-state index is 12.2. The molecule has 2 aromatic rings. The van der Waals surface area contributed by atoms with Crippen molar-refractivity contribution in [2.45, 2.75) is 6.54 Å². The number of ether oxygens (including phenoxy) is 2. The molecule has 1 aliphatic heterocycles. The molecular formula is C18H18N2O4. The van der Waals surface area contributed by atoms with E-state index in [1.165, 1.54) is 0 Å². The van der Waals surface area contributed by atoms with Crippen molar-refractivity contribution < 1.29 is 19.1 Å². The van der Waals surface area contributed by atoms with Crippen LogP contribution in [0.1, 0.15) is 15.9 Å². The fourth-order valence-electron chi connectivity index (χ4n) is 2.38. The molecule has 6 heteroatoms. The molecule has 0 saturated heterocycles. The van der Waals surface area contributed by atoms with Crippen molar-refractivity contribution in [2.24, 2.45) is 0 Å². The van der Waals surface area contributed by atoms with Crippen molar-refractivity contribution in [3.63, 3.8) is 0 Å². The number of carbonyl (C=O) groups excluding carboxylic acids is 2. The van der Waals surface area contributed by atoms with E-state index in [1.807, 2.05) is 30.3 Å². The van der Waals surface area contributed by atoms with Gasteiger partial charge >= 0.3 is 0 Å². The summed E-state index contributed by atoms with van der Waals surface area (Å²) in [6.07, 6.45) is 0. The van der Waals surface area contributed by atoms with Crippen LogP contribution in [0.25, 0.3) is 0 Å². The molecule has 24 heavy (non-hydrogen) atoms. The molecule has 124 valence electrons. The number of likely N-dealkylation sites (N-methyl/N-ethyl adjacent to an activating group) is 1. The van der Waals surface area contributed by atoms with Crippen LogP contribution in [-0.2, 0) is 11.3 Å². The van der Waals surface area contributed by atoms with Crippen molar-refractivity contribution in [3.05, 3.63) is 59.7 Å². The van der Waals surface area contributed by atoms with Gasteiger partial charge in [0.2, 0.25) is 12.7 Å². The minimum atomic E-state index is -0.324. The van der Waals surface area contributed by atoms with E-state index in [0.29, 0.717) is 23.6 Å². The number of rotatable bonds is 5. The molecule has 0 fully saturated rings. The van der Waals surface area contributed by atoms with Gasteiger partial charge in [0.1, 0.15) is 0 Å². The number of hydrogen-bond acceptors (Lipinski definition) is 4. The van der Waals surface area contributed by atoms with Crippen molar-refractivity contribution >= 4 is 11.8 Å². The second-order valence-electron chi connectivity index (χ2n) is 5.49. The number of carbonyl (C=O) groups is 2. The number of nitrogens with one attached hydrogen (secondary N) is 1. The molecule has 0 aromatic heterocycles. The smallest absolute Gasteiger partial charge is 0.251 e. The van der Waals surface area contributed by atoms with Crippen molar-refractivity contribution in [3.8, 4) is 11.5 Å². The third-order valence-corrected chi connectivity index (χ3v) is 3.72. The highest BCUT2D eigenvalue weighted by molar-refractivity contribution is 5.97. The Kier molecular flexibility index (Phi) is 4.65. The lowest BCUT2D eigenvalue weighted by atomic mass is 10.2. The Morgan fingerprint density at radius 3 is 2.62 bits per heavy atom. The van der Waals surface area contributed by atoms with Crippen LogP contribution in [0.15, 0.2) is 48.5 Å². The Labute approximate surface area is 140 Å². The second-order valence-corrected chi connectivity index (χ2v) is 5.49. The molecular weight excluding hydrogens is 308 g/mol. The van der Waals surface area contributed by atoms with E-state index < -0.39 is 0 Å². The summed E-state index contributed by atoms with van der Waals surface area (Å²) in [7, 11) is 1.71. The monoisotopic (exact) mass is 326 g/mol. The van der Waals surface area contributed by atoms with Gasteiger partial charge in [0.25, 0.3) is 5.91 Å². The van der Waals surface area contributed by atoms with Gasteiger partial charge in [-0.25, -0.2) is 0 Å². The minimum absolute atomic E-state index is 0.0589. The first-order valence-electron chi connectivity index (χ1n) is 7.59. The predicted octanol–water partition coefficient (Wildman–Crippen LogP) is 1.80. The zero-order valence-electron chi connectivity index (χ0n) is 13.3. The van der Waals surface area contributed by atoms with E-state index in [4.69, 9.17) is 9.47 Å². The van der Waals surface area contributed by atoms with Crippen molar-refractivity contribution in [1.29, 1.82) is 0 Å². The topological polar surface area (TPSA) is 67.9 Å². The van der Waals surface area contributed by atoms with Crippen molar-refractivity contribution in [1.82, 2.24) is 10.2 Å². The van der Waals surface area contributed by atoms with E-state index in [1.54, 1.807) is 30.1 Å². The van der Waals surface area contributed by atoms with Crippen molar-refractivity contribution in [2.75, 3.05) is 20.4 Å². The second kappa shape index (κ2) is 7.04. The van der Waals surface area contributed by atoms with Crippen LogP contribution in [-0.4, -0.2) is 37.1 Å². The lowest BCUT2D eigenvalue weighted by Crippen LogP contribution is -2.37. The molecule has 0 saturated carbocycles. The highest BCUT2D eigenvalue weighted by Crippen LogP contribution is 2.32. The molecule has 1 heterocycles. The summed E-state index contributed by atoms with van der Waals surface area (Å²) in [6, 6.07) is 14.6. The molecule has 1 aliphatic rings. The first kappa shape index (κ1) is 15.9. The summed E-state index contributed by atoms with van der Waals surface area (Å²) < 4.78 is 10.4. The third-order valence-electron chi connectivity index (χ3n) is 3.72. The van der Waals surface area contributed by atoms with E-state index in [-0.39, 0.29) is 25.2 Å². The van der Waals surface area contributed by atoms with Gasteiger partial charge in [-0.2, -0.15) is 0 Å². The van der Waals surface area contributed by atoms with Gasteiger partial charge < -0.3 is 19.7 Å². The van der Waals surface area contributed by atoms with E-state index in [0.717, 1.165) is 5.56 Å². The van der Waals surface area contributed by atoms with Gasteiger partial charge in [0.15, 0.2) is 11.5 Å². The Balaban J connectivity index is 1.53. The number of amides is 2. The minimum Gasteiger partial charge on any atom is -0.454 e. The average Bonchev–Trinajstić information content (AvgIpc) is 3.07. The summed E-state index contributed by atoms with van der Waals surface area (Å²) in [5.74, 6) is 0.670. The molecule has 0 aliphatic carbocycles. The Morgan fingerprint density at radius 1 is 1.08 bits per heavy atom. The van der Waals surface area contributed by atoms with Crippen LogP contribution >= 0.6 is 0 Å². The fourth-order valence-corrected chi connectivity index (χ4v) is 2.38. The van der Waals surface area contributed by atoms with Gasteiger partial charge in [-0.05, 0) is 23.8 Å². The lowest BCUT2D eigenvalue weighted by Gasteiger charge is -2.17. The van der Waals surface area contributed by atoms with Gasteiger partial charge in [0.05, 0.1) is 6.54 Å². The maximum Gasteiger partial charge on any atom is 0.251 e. The molecule has 6 nitrogen and oxygen atoms in total. The molecule has 0 spiro atoms. The summed E-state index contributed by atoms with van der Waals surface area (Å²) >= 11 is 0. The number of fused-ring (bicyclic) bond motifs is 1. The molecule has 0 radical (unpaired) electrons. The van der Waals surface area contributed by atoms with Crippen LogP contribution in [0.2, 0.25) is 0 Å². The number of benzene rings is 2. The fraction of sp³-hybridized carbons (Fsp3) is 0.222. The molecule has 2 amide bonds. The molecule has 0 unspecified atom stereocenters. The Morgan fingerprint density at radius 2 is 1.83 bits per heavy atom. The first-order chi connectivity index (χ1) is 11.6.